The molecular weight excluding hydrogens is 214 g/mol. The van der Waals surface area contributed by atoms with Crippen molar-refractivity contribution in [2.75, 3.05) is 39.8 Å². The third kappa shape index (κ3) is 5.50. The summed E-state index contributed by atoms with van der Waals surface area (Å²) < 4.78 is 0. The van der Waals surface area contributed by atoms with E-state index in [1.807, 2.05) is 11.9 Å². The SMILES string of the molecule is CCN(CC)CCCNCC(=O)N(C)C1CC1. The van der Waals surface area contributed by atoms with Gasteiger partial charge in [0.25, 0.3) is 0 Å². The van der Waals surface area contributed by atoms with Gasteiger partial charge in [-0.05, 0) is 45.4 Å². The van der Waals surface area contributed by atoms with Crippen LogP contribution in [0.3, 0.4) is 0 Å². The Balaban J connectivity index is 1.97. The molecule has 0 aromatic carbocycles. The van der Waals surface area contributed by atoms with E-state index in [1.165, 1.54) is 12.8 Å². The van der Waals surface area contributed by atoms with Gasteiger partial charge in [-0.15, -0.1) is 0 Å². The van der Waals surface area contributed by atoms with Gasteiger partial charge in [-0.1, -0.05) is 13.8 Å². The van der Waals surface area contributed by atoms with Gasteiger partial charge in [-0.3, -0.25) is 4.79 Å². The average molecular weight is 241 g/mol. The highest BCUT2D eigenvalue weighted by Crippen LogP contribution is 2.24. The number of likely N-dealkylation sites (N-methyl/N-ethyl adjacent to an activating group) is 1. The summed E-state index contributed by atoms with van der Waals surface area (Å²) >= 11 is 0. The minimum atomic E-state index is 0.232. The maximum Gasteiger partial charge on any atom is 0.236 e. The number of nitrogens with zero attached hydrogens (tertiary/aromatic N) is 2. The fourth-order valence-corrected chi connectivity index (χ4v) is 1.95. The van der Waals surface area contributed by atoms with Crippen LogP contribution in [-0.4, -0.2) is 61.5 Å². The summed E-state index contributed by atoms with van der Waals surface area (Å²) in [4.78, 5) is 16.0. The molecule has 0 heterocycles. The van der Waals surface area contributed by atoms with Crippen molar-refractivity contribution < 1.29 is 4.79 Å². The highest BCUT2D eigenvalue weighted by molar-refractivity contribution is 5.78. The maximum atomic E-state index is 11.7. The summed E-state index contributed by atoms with van der Waals surface area (Å²) in [6.07, 6.45) is 3.48. The van der Waals surface area contributed by atoms with E-state index in [0.717, 1.165) is 32.6 Å². The molecule has 0 aromatic rings. The van der Waals surface area contributed by atoms with Gasteiger partial charge in [0.05, 0.1) is 6.54 Å². The molecular formula is C13H27N3O. The first-order chi connectivity index (χ1) is 8.19. The number of amides is 1. The summed E-state index contributed by atoms with van der Waals surface area (Å²) in [5, 5.41) is 3.23. The predicted octanol–water partition coefficient (Wildman–Crippen LogP) is 0.929. The molecule has 1 N–H and O–H groups in total. The second-order valence-corrected chi connectivity index (χ2v) is 4.79. The lowest BCUT2D eigenvalue weighted by atomic mass is 10.3. The van der Waals surface area contributed by atoms with Gasteiger partial charge >= 0.3 is 0 Å². The molecule has 1 fully saturated rings. The third-order valence-electron chi connectivity index (χ3n) is 3.49. The highest BCUT2D eigenvalue weighted by Gasteiger charge is 2.28. The van der Waals surface area contributed by atoms with Crippen LogP contribution < -0.4 is 5.32 Å². The Morgan fingerprint density at radius 3 is 2.47 bits per heavy atom. The van der Waals surface area contributed by atoms with E-state index < -0.39 is 0 Å². The zero-order valence-corrected chi connectivity index (χ0v) is 11.5. The number of hydrogen-bond donors (Lipinski definition) is 1. The molecule has 100 valence electrons. The second-order valence-electron chi connectivity index (χ2n) is 4.79. The lowest BCUT2D eigenvalue weighted by Crippen LogP contribution is -2.37. The normalized spacial score (nSPS) is 15.3. The lowest BCUT2D eigenvalue weighted by molar-refractivity contribution is -0.129. The largest absolute Gasteiger partial charge is 0.342 e. The molecule has 1 aliphatic carbocycles. The van der Waals surface area contributed by atoms with E-state index in [9.17, 15) is 4.79 Å². The first kappa shape index (κ1) is 14.5. The zero-order chi connectivity index (χ0) is 12.7. The molecule has 0 spiro atoms. The fourth-order valence-electron chi connectivity index (χ4n) is 1.95. The van der Waals surface area contributed by atoms with E-state index >= 15 is 0 Å². The molecule has 17 heavy (non-hydrogen) atoms. The quantitative estimate of drug-likeness (QED) is 0.610. The van der Waals surface area contributed by atoms with Crippen LogP contribution in [0.1, 0.15) is 33.1 Å². The maximum absolute atomic E-state index is 11.7. The standard InChI is InChI=1S/C13H27N3O/c1-4-16(5-2)10-6-9-14-11-13(17)15(3)12-7-8-12/h12,14H,4-11H2,1-3H3. The Hall–Kier alpha value is -0.610. The Morgan fingerprint density at radius 1 is 1.29 bits per heavy atom. The van der Waals surface area contributed by atoms with Crippen molar-refractivity contribution in [1.82, 2.24) is 15.1 Å². The number of rotatable bonds is 9. The van der Waals surface area contributed by atoms with Crippen LogP contribution >= 0.6 is 0 Å². The van der Waals surface area contributed by atoms with Crippen molar-refractivity contribution in [1.29, 1.82) is 0 Å². The number of carbonyl (C=O) groups excluding carboxylic acids is 1. The van der Waals surface area contributed by atoms with E-state index in [-0.39, 0.29) is 5.91 Å². The Kier molecular flexibility index (Phi) is 6.52. The smallest absolute Gasteiger partial charge is 0.236 e. The molecule has 0 aromatic heterocycles. The first-order valence-electron chi connectivity index (χ1n) is 6.87. The summed E-state index contributed by atoms with van der Waals surface area (Å²) in [6, 6.07) is 0.528. The summed E-state index contributed by atoms with van der Waals surface area (Å²) in [6.45, 7) is 9.13. The van der Waals surface area contributed by atoms with Gasteiger partial charge < -0.3 is 15.1 Å². The van der Waals surface area contributed by atoms with Crippen molar-refractivity contribution in [3.8, 4) is 0 Å². The molecule has 0 saturated heterocycles. The molecule has 0 bridgehead atoms. The molecule has 1 amide bonds. The van der Waals surface area contributed by atoms with Crippen molar-refractivity contribution in [3.63, 3.8) is 0 Å². The van der Waals surface area contributed by atoms with Gasteiger partial charge in [0.15, 0.2) is 0 Å². The highest BCUT2D eigenvalue weighted by atomic mass is 16.2. The molecule has 0 radical (unpaired) electrons. The van der Waals surface area contributed by atoms with Gasteiger partial charge in [0.2, 0.25) is 5.91 Å². The van der Waals surface area contributed by atoms with E-state index in [0.29, 0.717) is 12.6 Å². The van der Waals surface area contributed by atoms with Crippen LogP contribution in [0.2, 0.25) is 0 Å². The van der Waals surface area contributed by atoms with Gasteiger partial charge in [-0.2, -0.15) is 0 Å². The fraction of sp³-hybridized carbons (Fsp3) is 0.923. The van der Waals surface area contributed by atoms with Crippen LogP contribution in [0.25, 0.3) is 0 Å². The minimum absolute atomic E-state index is 0.232. The Morgan fingerprint density at radius 2 is 1.94 bits per heavy atom. The molecule has 1 saturated carbocycles. The van der Waals surface area contributed by atoms with Crippen molar-refractivity contribution in [3.05, 3.63) is 0 Å². The molecule has 1 aliphatic rings. The average Bonchev–Trinajstić information content (AvgIpc) is 3.16. The van der Waals surface area contributed by atoms with Crippen molar-refractivity contribution in [2.24, 2.45) is 0 Å². The van der Waals surface area contributed by atoms with Crippen LogP contribution in [0.4, 0.5) is 0 Å². The monoisotopic (exact) mass is 241 g/mol. The summed E-state index contributed by atoms with van der Waals surface area (Å²) in [7, 11) is 1.91. The number of nitrogens with one attached hydrogen (secondary N) is 1. The Labute approximate surface area is 105 Å². The number of hydrogen-bond acceptors (Lipinski definition) is 3. The topological polar surface area (TPSA) is 35.6 Å². The minimum Gasteiger partial charge on any atom is -0.342 e. The second kappa shape index (κ2) is 7.67. The van der Waals surface area contributed by atoms with Crippen molar-refractivity contribution >= 4 is 5.91 Å². The van der Waals surface area contributed by atoms with E-state index in [2.05, 4.69) is 24.1 Å². The van der Waals surface area contributed by atoms with Crippen LogP contribution in [-0.2, 0) is 4.79 Å². The summed E-state index contributed by atoms with van der Waals surface area (Å²) in [5.41, 5.74) is 0. The predicted molar refractivity (Wildman–Crippen MR) is 71.1 cm³/mol. The van der Waals surface area contributed by atoms with E-state index in [1.54, 1.807) is 0 Å². The third-order valence-corrected chi connectivity index (χ3v) is 3.49. The lowest BCUT2D eigenvalue weighted by Gasteiger charge is -2.19. The Bertz CT molecular complexity index is 225. The molecule has 1 rings (SSSR count). The molecule has 4 heteroatoms. The number of carbonyl (C=O) groups is 1. The summed E-state index contributed by atoms with van der Waals surface area (Å²) in [5.74, 6) is 0.232. The molecule has 0 aliphatic heterocycles. The van der Waals surface area contributed by atoms with Crippen molar-refractivity contribution in [2.45, 2.75) is 39.2 Å². The molecule has 0 unspecified atom stereocenters. The zero-order valence-electron chi connectivity index (χ0n) is 11.5. The molecule has 0 atom stereocenters. The molecule has 4 nitrogen and oxygen atoms in total. The van der Waals surface area contributed by atoms with E-state index in [4.69, 9.17) is 0 Å². The van der Waals surface area contributed by atoms with Crippen LogP contribution in [0.15, 0.2) is 0 Å². The first-order valence-corrected chi connectivity index (χ1v) is 6.87. The van der Waals surface area contributed by atoms with Gasteiger partial charge in [0, 0.05) is 13.1 Å². The van der Waals surface area contributed by atoms with Crippen LogP contribution in [0.5, 0.6) is 0 Å². The van der Waals surface area contributed by atoms with Gasteiger partial charge in [-0.25, -0.2) is 0 Å². The van der Waals surface area contributed by atoms with Crippen LogP contribution in [0, 0.1) is 0 Å². The van der Waals surface area contributed by atoms with Gasteiger partial charge in [0.1, 0.15) is 0 Å².